The summed E-state index contributed by atoms with van der Waals surface area (Å²) in [5.41, 5.74) is 0.0310. The van der Waals surface area contributed by atoms with E-state index in [2.05, 4.69) is 21.2 Å². The van der Waals surface area contributed by atoms with Crippen molar-refractivity contribution in [3.63, 3.8) is 0 Å². The lowest BCUT2D eigenvalue weighted by molar-refractivity contribution is -0.127. The highest BCUT2D eigenvalue weighted by molar-refractivity contribution is 9.10. The van der Waals surface area contributed by atoms with Gasteiger partial charge in [0.2, 0.25) is 5.91 Å². The molecule has 1 aromatic carbocycles. The van der Waals surface area contributed by atoms with Gasteiger partial charge in [-0.1, -0.05) is 0 Å². The van der Waals surface area contributed by atoms with Gasteiger partial charge in [-0.05, 0) is 22.0 Å². The predicted octanol–water partition coefficient (Wildman–Crippen LogP) is 2.51. The molecule has 7 heteroatoms. The second-order valence-electron chi connectivity index (χ2n) is 3.82. The molecule has 1 amide bonds. The molecule has 19 heavy (non-hydrogen) atoms. The predicted molar refractivity (Wildman–Crippen MR) is 70.4 cm³/mol. The van der Waals surface area contributed by atoms with Crippen molar-refractivity contribution in [2.45, 2.75) is 6.42 Å². The smallest absolute Gasteiger partial charge is 0.241 e. The SMILES string of the molecule is CN(CCC#N)C(=O)CNc1c(F)cc(F)cc1Br. The van der Waals surface area contributed by atoms with Crippen LogP contribution in [0.5, 0.6) is 0 Å². The molecule has 1 N–H and O–H groups in total. The van der Waals surface area contributed by atoms with E-state index in [0.717, 1.165) is 12.1 Å². The first-order chi connectivity index (χ1) is 8.95. The first-order valence-electron chi connectivity index (χ1n) is 5.45. The van der Waals surface area contributed by atoms with Crippen molar-refractivity contribution < 1.29 is 13.6 Å². The summed E-state index contributed by atoms with van der Waals surface area (Å²) in [6, 6.07) is 3.77. The van der Waals surface area contributed by atoms with E-state index in [4.69, 9.17) is 5.26 Å². The molecule has 0 unspecified atom stereocenters. The van der Waals surface area contributed by atoms with Crippen molar-refractivity contribution in [1.29, 1.82) is 5.26 Å². The van der Waals surface area contributed by atoms with Gasteiger partial charge in [-0.15, -0.1) is 0 Å². The Kier molecular flexibility index (Phi) is 5.70. The van der Waals surface area contributed by atoms with E-state index in [9.17, 15) is 13.6 Å². The zero-order chi connectivity index (χ0) is 14.4. The monoisotopic (exact) mass is 331 g/mol. The summed E-state index contributed by atoms with van der Waals surface area (Å²) >= 11 is 3.02. The lowest BCUT2D eigenvalue weighted by atomic mass is 10.3. The molecule has 0 radical (unpaired) electrons. The van der Waals surface area contributed by atoms with Gasteiger partial charge in [-0.2, -0.15) is 5.26 Å². The number of carbonyl (C=O) groups excluding carboxylic acids is 1. The lowest BCUT2D eigenvalue weighted by Gasteiger charge is -2.17. The number of nitrogens with zero attached hydrogens (tertiary/aromatic N) is 2. The number of hydrogen-bond acceptors (Lipinski definition) is 3. The second-order valence-corrected chi connectivity index (χ2v) is 4.68. The topological polar surface area (TPSA) is 56.1 Å². The second kappa shape index (κ2) is 7.04. The molecular formula is C12H12BrF2N3O. The normalized spacial score (nSPS) is 9.84. The summed E-state index contributed by atoms with van der Waals surface area (Å²) in [7, 11) is 1.55. The number of nitrogens with one attached hydrogen (secondary N) is 1. The van der Waals surface area contributed by atoms with E-state index in [1.54, 1.807) is 7.05 Å². The molecule has 1 rings (SSSR count). The van der Waals surface area contributed by atoms with Crippen LogP contribution in [0.2, 0.25) is 0 Å². The van der Waals surface area contributed by atoms with Crippen molar-refractivity contribution in [1.82, 2.24) is 4.90 Å². The average Bonchev–Trinajstić information content (AvgIpc) is 2.34. The molecule has 0 saturated carbocycles. The molecule has 102 valence electrons. The van der Waals surface area contributed by atoms with Crippen LogP contribution in [-0.4, -0.2) is 30.9 Å². The summed E-state index contributed by atoms with van der Waals surface area (Å²) in [6.45, 7) is 0.174. The highest BCUT2D eigenvalue weighted by atomic mass is 79.9. The summed E-state index contributed by atoms with van der Waals surface area (Å²) in [5, 5.41) is 11.0. The number of benzene rings is 1. The Morgan fingerprint density at radius 3 is 2.79 bits per heavy atom. The average molecular weight is 332 g/mol. The molecular weight excluding hydrogens is 320 g/mol. The van der Waals surface area contributed by atoms with E-state index in [-0.39, 0.29) is 29.0 Å². The molecule has 1 aromatic rings. The summed E-state index contributed by atoms with van der Waals surface area (Å²) in [5.74, 6) is -1.77. The van der Waals surface area contributed by atoms with E-state index in [1.165, 1.54) is 4.90 Å². The van der Waals surface area contributed by atoms with Crippen molar-refractivity contribution in [3.05, 3.63) is 28.2 Å². The number of nitriles is 1. The Labute approximate surface area is 118 Å². The maximum absolute atomic E-state index is 13.5. The van der Waals surface area contributed by atoms with Gasteiger partial charge in [0.1, 0.15) is 11.6 Å². The Balaban J connectivity index is 2.63. The van der Waals surface area contributed by atoms with Gasteiger partial charge in [-0.25, -0.2) is 8.78 Å². The molecule has 0 fully saturated rings. The van der Waals surface area contributed by atoms with Gasteiger partial charge in [-0.3, -0.25) is 4.79 Å². The summed E-state index contributed by atoms with van der Waals surface area (Å²) < 4.78 is 26.5. The molecule has 4 nitrogen and oxygen atoms in total. The minimum Gasteiger partial charge on any atom is -0.373 e. The number of anilines is 1. The van der Waals surface area contributed by atoms with Gasteiger partial charge in [0.15, 0.2) is 0 Å². The van der Waals surface area contributed by atoms with Crippen LogP contribution in [0, 0.1) is 23.0 Å². The fraction of sp³-hybridized carbons (Fsp3) is 0.333. The standard InChI is InChI=1S/C12H12BrF2N3O/c1-18(4-2-3-16)11(19)7-17-12-9(13)5-8(14)6-10(12)15/h5-6,17H,2,4,7H2,1H3. The van der Waals surface area contributed by atoms with E-state index >= 15 is 0 Å². The molecule has 0 aromatic heterocycles. The van der Waals surface area contributed by atoms with Crippen molar-refractivity contribution in [2.24, 2.45) is 0 Å². The third-order valence-electron chi connectivity index (χ3n) is 2.41. The zero-order valence-electron chi connectivity index (χ0n) is 10.2. The number of hydrogen-bond donors (Lipinski definition) is 1. The van der Waals surface area contributed by atoms with Crippen LogP contribution in [0.25, 0.3) is 0 Å². The van der Waals surface area contributed by atoms with Crippen LogP contribution in [0.1, 0.15) is 6.42 Å². The summed E-state index contributed by atoms with van der Waals surface area (Å²) in [6.07, 6.45) is 0.233. The van der Waals surface area contributed by atoms with Gasteiger partial charge in [0.05, 0.1) is 24.7 Å². The van der Waals surface area contributed by atoms with E-state index < -0.39 is 11.6 Å². The number of carbonyl (C=O) groups is 1. The molecule has 0 atom stereocenters. The summed E-state index contributed by atoms with van der Waals surface area (Å²) in [4.78, 5) is 13.0. The van der Waals surface area contributed by atoms with Crippen molar-refractivity contribution in [2.75, 3.05) is 25.5 Å². The molecule has 0 saturated heterocycles. The Morgan fingerprint density at radius 2 is 2.21 bits per heavy atom. The van der Waals surface area contributed by atoms with Crippen molar-refractivity contribution >= 4 is 27.5 Å². The first-order valence-corrected chi connectivity index (χ1v) is 6.24. The number of rotatable bonds is 5. The van der Waals surface area contributed by atoms with Crippen LogP contribution >= 0.6 is 15.9 Å². The maximum Gasteiger partial charge on any atom is 0.241 e. The van der Waals surface area contributed by atoms with E-state index in [0.29, 0.717) is 6.54 Å². The third kappa shape index (κ3) is 4.48. The molecule has 0 aliphatic rings. The molecule has 0 bridgehead atoms. The highest BCUT2D eigenvalue weighted by Crippen LogP contribution is 2.26. The van der Waals surface area contributed by atoms with Crippen LogP contribution < -0.4 is 5.32 Å². The van der Waals surface area contributed by atoms with Gasteiger partial charge >= 0.3 is 0 Å². The fourth-order valence-corrected chi connectivity index (χ4v) is 1.90. The fourth-order valence-electron chi connectivity index (χ4n) is 1.35. The van der Waals surface area contributed by atoms with Crippen LogP contribution in [0.3, 0.4) is 0 Å². The molecule has 0 heterocycles. The molecule has 0 aliphatic heterocycles. The van der Waals surface area contributed by atoms with Crippen LogP contribution in [0.4, 0.5) is 14.5 Å². The number of halogens is 3. The van der Waals surface area contributed by atoms with Crippen LogP contribution in [-0.2, 0) is 4.79 Å². The third-order valence-corrected chi connectivity index (χ3v) is 3.03. The Hall–Kier alpha value is -1.68. The Bertz CT molecular complexity index is 493. The molecule has 0 spiro atoms. The quantitative estimate of drug-likeness (QED) is 0.901. The van der Waals surface area contributed by atoms with Gasteiger partial charge < -0.3 is 10.2 Å². The highest BCUT2D eigenvalue weighted by Gasteiger charge is 2.12. The van der Waals surface area contributed by atoms with Crippen LogP contribution in [0.15, 0.2) is 16.6 Å². The number of amides is 1. The minimum atomic E-state index is -0.778. The van der Waals surface area contributed by atoms with E-state index in [1.807, 2.05) is 6.07 Å². The Morgan fingerprint density at radius 1 is 1.53 bits per heavy atom. The first kappa shape index (κ1) is 15.4. The number of likely N-dealkylation sites (N-methyl/N-ethyl adjacent to an activating group) is 1. The van der Waals surface area contributed by atoms with Gasteiger partial charge in [0.25, 0.3) is 0 Å². The van der Waals surface area contributed by atoms with Crippen molar-refractivity contribution in [3.8, 4) is 6.07 Å². The molecule has 0 aliphatic carbocycles. The zero-order valence-corrected chi connectivity index (χ0v) is 11.8. The lowest BCUT2D eigenvalue weighted by Crippen LogP contribution is -2.33. The maximum atomic E-state index is 13.5. The van der Waals surface area contributed by atoms with Gasteiger partial charge in [0, 0.05) is 24.1 Å². The minimum absolute atomic E-state index is 0.0310. The largest absolute Gasteiger partial charge is 0.373 e.